The normalized spacial score (nSPS) is 12.7. The molecule has 218 valence electrons. The molecule has 1 aromatic heterocycles. The molecule has 3 aromatic carbocycles. The van der Waals surface area contributed by atoms with Crippen molar-refractivity contribution in [2.75, 3.05) is 6.54 Å². The Bertz CT molecular complexity index is 1490. The Morgan fingerprint density at radius 1 is 1.00 bits per heavy atom. The van der Waals surface area contributed by atoms with Crippen molar-refractivity contribution in [3.05, 3.63) is 113 Å². The van der Waals surface area contributed by atoms with Crippen LogP contribution in [0.15, 0.2) is 91.1 Å². The summed E-state index contributed by atoms with van der Waals surface area (Å²) in [5.41, 5.74) is 3.20. The van der Waals surface area contributed by atoms with Gasteiger partial charge < -0.3 is 19.5 Å². The third-order valence-corrected chi connectivity index (χ3v) is 6.82. The summed E-state index contributed by atoms with van der Waals surface area (Å²) in [6.45, 7) is 7.39. The summed E-state index contributed by atoms with van der Waals surface area (Å²) in [4.78, 5) is 30.4. The Morgan fingerprint density at radius 2 is 1.69 bits per heavy atom. The lowest BCUT2D eigenvalue weighted by atomic mass is 9.99. The molecule has 1 heterocycles. The molecule has 7 nitrogen and oxygen atoms in total. The van der Waals surface area contributed by atoms with Crippen LogP contribution in [0.2, 0.25) is 5.15 Å². The van der Waals surface area contributed by atoms with E-state index in [0.29, 0.717) is 34.2 Å². The van der Waals surface area contributed by atoms with Gasteiger partial charge in [-0.2, -0.15) is 0 Å². The van der Waals surface area contributed by atoms with Gasteiger partial charge in [0, 0.05) is 17.8 Å². The molecule has 0 bridgehead atoms. The maximum absolute atomic E-state index is 13.2. The van der Waals surface area contributed by atoms with Crippen LogP contribution in [-0.2, 0) is 11.2 Å². The number of para-hydroxylation sites is 1. The minimum absolute atomic E-state index is 0.0325. The number of nitrogens with zero attached hydrogens (tertiary/aromatic N) is 2. The molecule has 0 unspecified atom stereocenters. The van der Waals surface area contributed by atoms with Crippen LogP contribution >= 0.6 is 11.6 Å². The van der Waals surface area contributed by atoms with Crippen LogP contribution in [0.3, 0.4) is 0 Å². The average Bonchev–Trinajstić information content (AvgIpc) is 2.96. The molecule has 8 heteroatoms. The minimum atomic E-state index is -0.964. The van der Waals surface area contributed by atoms with Gasteiger partial charge in [-0.15, -0.1) is 0 Å². The van der Waals surface area contributed by atoms with E-state index in [-0.39, 0.29) is 12.6 Å². The van der Waals surface area contributed by atoms with Gasteiger partial charge in [0.2, 0.25) is 0 Å². The van der Waals surface area contributed by atoms with E-state index in [1.807, 2.05) is 94.4 Å². The second-order valence-electron chi connectivity index (χ2n) is 11.1. The zero-order valence-electron chi connectivity index (χ0n) is 24.2. The SMILES string of the molecule is C[C@H](Cc1ccc(-c2ccc(C=O)c(Oc3ccccc3)c2)cc1)N(C[C@H](O)c1ccc(Cl)nc1)C(=O)OC(C)(C)C. The molecule has 0 radical (unpaired) electrons. The highest BCUT2D eigenvalue weighted by Crippen LogP contribution is 2.31. The van der Waals surface area contributed by atoms with Gasteiger partial charge in [0.1, 0.15) is 22.3 Å². The zero-order chi connectivity index (χ0) is 30.3. The van der Waals surface area contributed by atoms with Crippen molar-refractivity contribution >= 4 is 24.0 Å². The number of amides is 1. The fourth-order valence-corrected chi connectivity index (χ4v) is 4.54. The molecule has 2 atom stereocenters. The first-order chi connectivity index (χ1) is 20.0. The molecule has 1 N–H and O–H groups in total. The second-order valence-corrected chi connectivity index (χ2v) is 11.5. The maximum Gasteiger partial charge on any atom is 0.410 e. The number of aldehydes is 1. The van der Waals surface area contributed by atoms with E-state index >= 15 is 0 Å². The predicted octanol–water partition coefficient (Wildman–Crippen LogP) is 7.91. The van der Waals surface area contributed by atoms with Crippen LogP contribution in [0.5, 0.6) is 11.5 Å². The molecular formula is C34H35ClN2O5. The number of ether oxygens (including phenoxy) is 2. The molecule has 0 spiro atoms. The Kier molecular flexibility index (Phi) is 9.99. The molecule has 0 aliphatic heterocycles. The summed E-state index contributed by atoms with van der Waals surface area (Å²) in [6, 6.07) is 25.8. The minimum Gasteiger partial charge on any atom is -0.457 e. The van der Waals surface area contributed by atoms with Crippen molar-refractivity contribution < 1.29 is 24.2 Å². The van der Waals surface area contributed by atoms with E-state index < -0.39 is 17.8 Å². The Hall–Kier alpha value is -4.20. The fraction of sp³-hybridized carbons (Fsp3) is 0.265. The third kappa shape index (κ3) is 8.41. The summed E-state index contributed by atoms with van der Waals surface area (Å²) in [7, 11) is 0. The summed E-state index contributed by atoms with van der Waals surface area (Å²) in [5.74, 6) is 1.13. The monoisotopic (exact) mass is 586 g/mol. The first kappa shape index (κ1) is 30.8. The van der Waals surface area contributed by atoms with Crippen LogP contribution in [0.1, 0.15) is 55.3 Å². The third-order valence-electron chi connectivity index (χ3n) is 6.59. The number of aliphatic hydroxyl groups excluding tert-OH is 1. The number of rotatable bonds is 10. The quantitative estimate of drug-likeness (QED) is 0.150. The highest BCUT2D eigenvalue weighted by atomic mass is 35.5. The topological polar surface area (TPSA) is 89.0 Å². The highest BCUT2D eigenvalue weighted by molar-refractivity contribution is 6.29. The molecule has 4 aromatic rings. The Labute approximate surface area is 251 Å². The number of aliphatic hydroxyl groups is 1. The van der Waals surface area contributed by atoms with Gasteiger partial charge in [-0.3, -0.25) is 4.79 Å². The van der Waals surface area contributed by atoms with Crippen LogP contribution < -0.4 is 4.74 Å². The lowest BCUT2D eigenvalue weighted by Gasteiger charge is -2.33. The summed E-state index contributed by atoms with van der Waals surface area (Å²) in [5, 5.41) is 11.2. The van der Waals surface area contributed by atoms with Crippen molar-refractivity contribution in [3.8, 4) is 22.6 Å². The standard InChI is InChI=1S/C34H35ClN2O5/c1-23(37(33(40)42-34(2,3)4)21-30(39)27-16-17-32(35)36-20-27)18-24-10-12-25(13-11-24)26-14-15-28(22-38)31(19-26)41-29-8-6-5-7-9-29/h5-17,19-20,22-23,30,39H,18,21H2,1-4H3/t23-,30+/m1/s1. The van der Waals surface area contributed by atoms with Gasteiger partial charge in [0.15, 0.2) is 6.29 Å². The molecule has 0 saturated carbocycles. The summed E-state index contributed by atoms with van der Waals surface area (Å²) >= 11 is 5.89. The number of hydrogen-bond acceptors (Lipinski definition) is 6. The van der Waals surface area contributed by atoms with Crippen molar-refractivity contribution in [3.63, 3.8) is 0 Å². The van der Waals surface area contributed by atoms with Gasteiger partial charge in [-0.1, -0.05) is 66.2 Å². The van der Waals surface area contributed by atoms with Crippen LogP contribution in [-0.4, -0.2) is 45.6 Å². The largest absolute Gasteiger partial charge is 0.457 e. The Morgan fingerprint density at radius 3 is 2.31 bits per heavy atom. The lowest BCUT2D eigenvalue weighted by molar-refractivity contribution is 0.00543. The number of aromatic nitrogens is 1. The zero-order valence-corrected chi connectivity index (χ0v) is 24.9. The van der Waals surface area contributed by atoms with Crippen molar-refractivity contribution in [1.29, 1.82) is 0 Å². The van der Waals surface area contributed by atoms with Gasteiger partial charge in [0.05, 0.1) is 18.2 Å². The molecule has 4 rings (SSSR count). The van der Waals surface area contributed by atoms with Crippen LogP contribution in [0.25, 0.3) is 11.1 Å². The predicted molar refractivity (Wildman–Crippen MR) is 164 cm³/mol. The number of carbonyl (C=O) groups excluding carboxylic acids is 2. The van der Waals surface area contributed by atoms with E-state index in [9.17, 15) is 14.7 Å². The van der Waals surface area contributed by atoms with E-state index in [0.717, 1.165) is 23.0 Å². The number of halogens is 1. The van der Waals surface area contributed by atoms with Crippen molar-refractivity contribution in [1.82, 2.24) is 9.88 Å². The number of benzene rings is 3. The fourth-order valence-electron chi connectivity index (χ4n) is 4.43. The van der Waals surface area contributed by atoms with Gasteiger partial charge >= 0.3 is 6.09 Å². The van der Waals surface area contributed by atoms with E-state index in [2.05, 4.69) is 4.98 Å². The molecular weight excluding hydrogens is 552 g/mol. The molecule has 0 aliphatic rings. The first-order valence-electron chi connectivity index (χ1n) is 13.7. The van der Waals surface area contributed by atoms with E-state index in [4.69, 9.17) is 21.1 Å². The van der Waals surface area contributed by atoms with Crippen molar-refractivity contribution in [2.45, 2.75) is 51.9 Å². The molecule has 0 aliphatic carbocycles. The van der Waals surface area contributed by atoms with E-state index in [1.54, 1.807) is 23.1 Å². The Balaban J connectivity index is 1.51. The van der Waals surface area contributed by atoms with Crippen molar-refractivity contribution in [2.24, 2.45) is 0 Å². The number of pyridine rings is 1. The number of carbonyl (C=O) groups is 2. The maximum atomic E-state index is 13.2. The molecule has 0 fully saturated rings. The molecule has 42 heavy (non-hydrogen) atoms. The highest BCUT2D eigenvalue weighted by Gasteiger charge is 2.28. The molecule has 1 amide bonds. The average molecular weight is 587 g/mol. The smallest absolute Gasteiger partial charge is 0.410 e. The van der Waals surface area contributed by atoms with Gasteiger partial charge in [0.25, 0.3) is 0 Å². The first-order valence-corrected chi connectivity index (χ1v) is 14.1. The number of hydrogen-bond donors (Lipinski definition) is 1. The molecule has 0 saturated heterocycles. The lowest BCUT2D eigenvalue weighted by Crippen LogP contribution is -2.45. The second kappa shape index (κ2) is 13.6. The van der Waals surface area contributed by atoms with Gasteiger partial charge in [-0.25, -0.2) is 9.78 Å². The summed E-state index contributed by atoms with van der Waals surface area (Å²) < 4.78 is 11.6. The van der Waals surface area contributed by atoms with E-state index in [1.165, 1.54) is 6.20 Å². The van der Waals surface area contributed by atoms with Gasteiger partial charge in [-0.05, 0) is 81.1 Å². The van der Waals surface area contributed by atoms with Crippen LogP contribution in [0, 0.1) is 0 Å². The van der Waals surface area contributed by atoms with Crippen LogP contribution in [0.4, 0.5) is 4.79 Å². The summed E-state index contributed by atoms with van der Waals surface area (Å²) in [6.07, 6.45) is 1.35.